The van der Waals surface area contributed by atoms with Gasteiger partial charge in [0.25, 0.3) is 0 Å². The lowest BCUT2D eigenvalue weighted by atomic mass is 10.1. The molecule has 2 rings (SSSR count). The summed E-state index contributed by atoms with van der Waals surface area (Å²) >= 11 is 1.63. The second-order valence-corrected chi connectivity index (χ2v) is 5.35. The minimum absolute atomic E-state index is 0.0306. The van der Waals surface area contributed by atoms with Gasteiger partial charge >= 0.3 is 0 Å². The average Bonchev–Trinajstić information content (AvgIpc) is 2.37. The number of pyridine rings is 1. The highest BCUT2D eigenvalue weighted by molar-refractivity contribution is 7.99. The van der Waals surface area contributed by atoms with Gasteiger partial charge in [0, 0.05) is 28.6 Å². The largest absolute Gasteiger partial charge is 0.327 e. The molecule has 2 aromatic rings. The van der Waals surface area contributed by atoms with Crippen LogP contribution in [0.1, 0.15) is 17.7 Å². The van der Waals surface area contributed by atoms with Crippen LogP contribution in [0, 0.1) is 5.82 Å². The van der Waals surface area contributed by atoms with Crippen molar-refractivity contribution in [3.63, 3.8) is 0 Å². The standard InChI is InChI=1S/C14H15FN2S/c1-10(16)14(11-3-2-4-12(15)9-11)18-13-5-7-17-8-6-13/h2-10,14H,16H2,1H3. The van der Waals surface area contributed by atoms with E-state index < -0.39 is 0 Å². The number of nitrogens with zero attached hydrogens (tertiary/aromatic N) is 1. The quantitative estimate of drug-likeness (QED) is 0.858. The van der Waals surface area contributed by atoms with Gasteiger partial charge < -0.3 is 5.73 Å². The summed E-state index contributed by atoms with van der Waals surface area (Å²) in [6, 6.07) is 10.4. The van der Waals surface area contributed by atoms with E-state index in [0.29, 0.717) is 0 Å². The molecular formula is C14H15FN2S. The van der Waals surface area contributed by atoms with E-state index in [-0.39, 0.29) is 17.1 Å². The van der Waals surface area contributed by atoms with Gasteiger partial charge in [0.2, 0.25) is 0 Å². The highest BCUT2D eigenvalue weighted by Crippen LogP contribution is 2.36. The van der Waals surface area contributed by atoms with Gasteiger partial charge in [-0.3, -0.25) is 4.98 Å². The summed E-state index contributed by atoms with van der Waals surface area (Å²) in [5, 5.41) is 0.0306. The molecule has 0 bridgehead atoms. The number of aromatic nitrogens is 1. The minimum Gasteiger partial charge on any atom is -0.327 e. The van der Waals surface area contributed by atoms with Gasteiger partial charge in [-0.25, -0.2) is 4.39 Å². The average molecular weight is 262 g/mol. The van der Waals surface area contributed by atoms with E-state index >= 15 is 0 Å². The molecule has 2 nitrogen and oxygen atoms in total. The van der Waals surface area contributed by atoms with Gasteiger partial charge in [0.05, 0.1) is 0 Å². The smallest absolute Gasteiger partial charge is 0.123 e. The van der Waals surface area contributed by atoms with E-state index in [1.807, 2.05) is 25.1 Å². The number of halogens is 1. The molecule has 2 N–H and O–H groups in total. The fourth-order valence-corrected chi connectivity index (χ4v) is 2.80. The van der Waals surface area contributed by atoms with Crippen LogP contribution in [0.15, 0.2) is 53.7 Å². The molecule has 1 heterocycles. The van der Waals surface area contributed by atoms with Crippen molar-refractivity contribution in [2.45, 2.75) is 23.1 Å². The van der Waals surface area contributed by atoms with Crippen molar-refractivity contribution in [2.24, 2.45) is 5.73 Å². The van der Waals surface area contributed by atoms with Crippen molar-refractivity contribution in [1.29, 1.82) is 0 Å². The molecule has 0 fully saturated rings. The summed E-state index contributed by atoms with van der Waals surface area (Å²) in [6.45, 7) is 1.93. The summed E-state index contributed by atoms with van der Waals surface area (Å²) in [7, 11) is 0. The molecule has 0 aliphatic heterocycles. The molecule has 0 saturated carbocycles. The molecule has 0 aliphatic carbocycles. The zero-order valence-electron chi connectivity index (χ0n) is 10.1. The SMILES string of the molecule is CC(N)C(Sc1ccncc1)c1cccc(F)c1. The van der Waals surface area contributed by atoms with Crippen molar-refractivity contribution in [3.8, 4) is 0 Å². The summed E-state index contributed by atoms with van der Waals surface area (Å²) in [6.07, 6.45) is 3.48. The summed E-state index contributed by atoms with van der Waals surface area (Å²) in [5.74, 6) is -0.228. The van der Waals surface area contributed by atoms with Crippen LogP contribution in [0.3, 0.4) is 0 Å². The highest BCUT2D eigenvalue weighted by Gasteiger charge is 2.18. The molecule has 0 saturated heterocycles. The Kier molecular flexibility index (Phi) is 4.33. The zero-order chi connectivity index (χ0) is 13.0. The van der Waals surface area contributed by atoms with Gasteiger partial charge in [-0.1, -0.05) is 12.1 Å². The Balaban J connectivity index is 2.24. The van der Waals surface area contributed by atoms with E-state index in [2.05, 4.69) is 4.98 Å². The van der Waals surface area contributed by atoms with Crippen molar-refractivity contribution >= 4 is 11.8 Å². The number of hydrogen-bond acceptors (Lipinski definition) is 3. The van der Waals surface area contributed by atoms with Gasteiger partial charge in [-0.2, -0.15) is 0 Å². The van der Waals surface area contributed by atoms with Crippen molar-refractivity contribution in [3.05, 3.63) is 60.2 Å². The van der Waals surface area contributed by atoms with Crippen LogP contribution in [0.5, 0.6) is 0 Å². The third-order valence-electron chi connectivity index (χ3n) is 2.57. The molecule has 18 heavy (non-hydrogen) atoms. The van der Waals surface area contributed by atoms with E-state index in [1.165, 1.54) is 6.07 Å². The van der Waals surface area contributed by atoms with E-state index in [0.717, 1.165) is 10.5 Å². The van der Waals surface area contributed by atoms with Crippen molar-refractivity contribution in [2.75, 3.05) is 0 Å². The minimum atomic E-state index is -0.228. The molecule has 1 aromatic carbocycles. The molecular weight excluding hydrogens is 247 g/mol. The first-order valence-electron chi connectivity index (χ1n) is 5.74. The topological polar surface area (TPSA) is 38.9 Å². The lowest BCUT2D eigenvalue weighted by Crippen LogP contribution is -2.22. The predicted octanol–water partition coefficient (Wildman–Crippen LogP) is 3.40. The van der Waals surface area contributed by atoms with Crippen LogP contribution in [0.4, 0.5) is 4.39 Å². The zero-order valence-corrected chi connectivity index (χ0v) is 10.9. The summed E-state index contributed by atoms with van der Waals surface area (Å²) in [4.78, 5) is 5.06. The first-order valence-corrected chi connectivity index (χ1v) is 6.62. The molecule has 0 amide bonds. The van der Waals surface area contributed by atoms with Gasteiger partial charge in [-0.15, -0.1) is 11.8 Å². The van der Waals surface area contributed by atoms with Gasteiger partial charge in [-0.05, 0) is 36.8 Å². The Morgan fingerprint density at radius 1 is 1.22 bits per heavy atom. The second-order valence-electron chi connectivity index (χ2n) is 4.14. The lowest BCUT2D eigenvalue weighted by molar-refractivity contribution is 0.622. The number of hydrogen-bond donors (Lipinski definition) is 1. The molecule has 4 heteroatoms. The summed E-state index contributed by atoms with van der Waals surface area (Å²) < 4.78 is 13.3. The fraction of sp³-hybridized carbons (Fsp3) is 0.214. The third kappa shape index (κ3) is 3.31. The van der Waals surface area contributed by atoms with Crippen LogP contribution in [0.2, 0.25) is 0 Å². The monoisotopic (exact) mass is 262 g/mol. The molecule has 2 atom stereocenters. The molecule has 0 aliphatic rings. The number of rotatable bonds is 4. The Bertz CT molecular complexity index is 502. The maximum Gasteiger partial charge on any atom is 0.123 e. The summed E-state index contributed by atoms with van der Waals surface area (Å²) in [5.41, 5.74) is 6.92. The second kappa shape index (κ2) is 5.98. The van der Waals surface area contributed by atoms with Crippen LogP contribution >= 0.6 is 11.8 Å². The lowest BCUT2D eigenvalue weighted by Gasteiger charge is -2.20. The Morgan fingerprint density at radius 2 is 1.94 bits per heavy atom. The van der Waals surface area contributed by atoms with Crippen LogP contribution in [-0.2, 0) is 0 Å². The normalized spacial score (nSPS) is 14.2. The third-order valence-corrected chi connectivity index (χ3v) is 4.07. The van der Waals surface area contributed by atoms with Crippen molar-refractivity contribution in [1.82, 2.24) is 4.98 Å². The maximum atomic E-state index is 13.3. The highest BCUT2D eigenvalue weighted by atomic mass is 32.2. The number of benzene rings is 1. The van der Waals surface area contributed by atoms with E-state index in [4.69, 9.17) is 5.73 Å². The molecule has 1 aromatic heterocycles. The van der Waals surface area contributed by atoms with E-state index in [9.17, 15) is 4.39 Å². The Labute approximate surface area is 110 Å². The van der Waals surface area contributed by atoms with Gasteiger partial charge in [0.15, 0.2) is 0 Å². The van der Waals surface area contributed by atoms with E-state index in [1.54, 1.807) is 36.3 Å². The fourth-order valence-electron chi connectivity index (χ4n) is 1.73. The Morgan fingerprint density at radius 3 is 2.56 bits per heavy atom. The first-order chi connectivity index (χ1) is 8.66. The molecule has 0 radical (unpaired) electrons. The van der Waals surface area contributed by atoms with Crippen LogP contribution < -0.4 is 5.73 Å². The number of nitrogens with two attached hydrogens (primary N) is 1. The van der Waals surface area contributed by atoms with Crippen LogP contribution in [-0.4, -0.2) is 11.0 Å². The first kappa shape index (κ1) is 13.1. The molecule has 94 valence electrons. The molecule has 0 spiro atoms. The Hall–Kier alpha value is -1.39. The van der Waals surface area contributed by atoms with Crippen LogP contribution in [0.25, 0.3) is 0 Å². The van der Waals surface area contributed by atoms with Crippen molar-refractivity contribution < 1.29 is 4.39 Å². The maximum absolute atomic E-state index is 13.3. The predicted molar refractivity (Wildman–Crippen MR) is 72.9 cm³/mol. The van der Waals surface area contributed by atoms with Gasteiger partial charge in [0.1, 0.15) is 5.82 Å². The molecule has 2 unspecified atom stereocenters. The number of thioether (sulfide) groups is 1.